The van der Waals surface area contributed by atoms with E-state index in [-0.39, 0.29) is 12.5 Å². The highest BCUT2D eigenvalue weighted by molar-refractivity contribution is 5.79. The van der Waals surface area contributed by atoms with E-state index < -0.39 is 11.4 Å². The lowest BCUT2D eigenvalue weighted by Gasteiger charge is -2.39. The van der Waals surface area contributed by atoms with Crippen molar-refractivity contribution in [2.75, 3.05) is 13.1 Å². The summed E-state index contributed by atoms with van der Waals surface area (Å²) in [5.74, 6) is -0.839. The van der Waals surface area contributed by atoms with Crippen molar-refractivity contribution < 1.29 is 14.7 Å². The van der Waals surface area contributed by atoms with Crippen molar-refractivity contribution in [2.45, 2.75) is 59.9 Å². The number of carbonyl (C=O) groups excluding carboxylic acids is 1. The molecule has 1 atom stereocenters. The van der Waals surface area contributed by atoms with Crippen LogP contribution in [0.15, 0.2) is 0 Å². The van der Waals surface area contributed by atoms with Gasteiger partial charge in [0.25, 0.3) is 0 Å². The van der Waals surface area contributed by atoms with Crippen molar-refractivity contribution in [3.05, 3.63) is 17.0 Å². The third-order valence-electron chi connectivity index (χ3n) is 5.23. The fourth-order valence-electron chi connectivity index (χ4n) is 3.59. The molecule has 128 valence electrons. The minimum atomic E-state index is -0.795. The molecule has 6 nitrogen and oxygen atoms in total. The zero-order valence-electron chi connectivity index (χ0n) is 14.6. The summed E-state index contributed by atoms with van der Waals surface area (Å²) < 4.78 is 1.75. The van der Waals surface area contributed by atoms with Gasteiger partial charge in [0.05, 0.1) is 11.1 Å². The molecule has 0 spiro atoms. The predicted octanol–water partition coefficient (Wildman–Crippen LogP) is 2.17. The molecule has 1 aromatic rings. The van der Waals surface area contributed by atoms with Gasteiger partial charge in [-0.25, -0.2) is 0 Å². The Labute approximate surface area is 137 Å². The van der Waals surface area contributed by atoms with Gasteiger partial charge in [-0.1, -0.05) is 13.8 Å². The average molecular weight is 321 g/mol. The van der Waals surface area contributed by atoms with Crippen LogP contribution in [-0.4, -0.2) is 44.8 Å². The van der Waals surface area contributed by atoms with Gasteiger partial charge in [0.15, 0.2) is 0 Å². The second-order valence-corrected chi connectivity index (χ2v) is 6.52. The number of rotatable bonds is 5. The van der Waals surface area contributed by atoms with Crippen molar-refractivity contribution in [3.8, 4) is 0 Å². The summed E-state index contributed by atoms with van der Waals surface area (Å²) in [6.07, 6.45) is 2.82. The van der Waals surface area contributed by atoms with Gasteiger partial charge in [-0.15, -0.1) is 0 Å². The number of hydrogen-bond donors (Lipinski definition) is 1. The molecule has 0 bridgehead atoms. The molecule has 1 fully saturated rings. The van der Waals surface area contributed by atoms with Gasteiger partial charge in [-0.05, 0) is 45.1 Å². The molecular formula is C17H27N3O3. The van der Waals surface area contributed by atoms with E-state index in [1.165, 1.54) is 5.56 Å². The summed E-state index contributed by atoms with van der Waals surface area (Å²) in [7, 11) is 0. The van der Waals surface area contributed by atoms with Gasteiger partial charge in [-0.2, -0.15) is 5.10 Å². The molecule has 1 amide bonds. The molecule has 0 saturated carbocycles. The van der Waals surface area contributed by atoms with Crippen LogP contribution in [0.5, 0.6) is 0 Å². The number of aromatic nitrogens is 2. The monoisotopic (exact) mass is 321 g/mol. The van der Waals surface area contributed by atoms with Crippen molar-refractivity contribution in [3.63, 3.8) is 0 Å². The fraction of sp³-hybridized carbons (Fsp3) is 0.706. The van der Waals surface area contributed by atoms with Crippen LogP contribution in [0.3, 0.4) is 0 Å². The molecule has 0 aliphatic carbocycles. The van der Waals surface area contributed by atoms with E-state index >= 15 is 0 Å². The first kappa shape index (κ1) is 17.5. The number of likely N-dealkylation sites (tertiary alicyclic amines) is 1. The van der Waals surface area contributed by atoms with Gasteiger partial charge >= 0.3 is 5.97 Å². The minimum Gasteiger partial charge on any atom is -0.481 e. The quantitative estimate of drug-likeness (QED) is 0.902. The normalized spacial score (nSPS) is 21.5. The maximum atomic E-state index is 12.6. The van der Waals surface area contributed by atoms with Crippen LogP contribution >= 0.6 is 0 Å². The standard InChI is InChI=1S/C17H27N3O3/c1-5-14-12(3)18-20(13(14)4)10-15(21)19-9-7-8-17(6-2,11-19)16(22)23/h5-11H2,1-4H3,(H,22,23)/t17-/m1/s1. The molecule has 2 heterocycles. The highest BCUT2D eigenvalue weighted by atomic mass is 16.4. The Hall–Kier alpha value is -1.85. The zero-order chi connectivity index (χ0) is 17.2. The molecule has 1 N–H and O–H groups in total. The predicted molar refractivity (Wildman–Crippen MR) is 87.3 cm³/mol. The van der Waals surface area contributed by atoms with Crippen LogP contribution in [0.1, 0.15) is 50.1 Å². The van der Waals surface area contributed by atoms with E-state index in [0.717, 1.165) is 24.2 Å². The highest BCUT2D eigenvalue weighted by Crippen LogP contribution is 2.33. The molecule has 0 unspecified atom stereocenters. The van der Waals surface area contributed by atoms with E-state index in [1.807, 2.05) is 20.8 Å². The van der Waals surface area contributed by atoms with E-state index in [4.69, 9.17) is 0 Å². The van der Waals surface area contributed by atoms with Gasteiger partial charge < -0.3 is 10.0 Å². The van der Waals surface area contributed by atoms with Crippen molar-refractivity contribution >= 4 is 11.9 Å². The van der Waals surface area contributed by atoms with Crippen molar-refractivity contribution in [1.29, 1.82) is 0 Å². The summed E-state index contributed by atoms with van der Waals surface area (Å²) in [6, 6.07) is 0. The number of amides is 1. The Morgan fingerprint density at radius 1 is 1.30 bits per heavy atom. The van der Waals surface area contributed by atoms with Crippen LogP contribution in [0.25, 0.3) is 0 Å². The fourth-order valence-corrected chi connectivity index (χ4v) is 3.59. The Balaban J connectivity index is 2.13. The molecule has 0 aromatic carbocycles. The maximum absolute atomic E-state index is 12.6. The maximum Gasteiger partial charge on any atom is 0.311 e. The van der Waals surface area contributed by atoms with Crippen molar-refractivity contribution in [1.82, 2.24) is 14.7 Å². The van der Waals surface area contributed by atoms with Gasteiger partial charge in [-0.3, -0.25) is 14.3 Å². The highest BCUT2D eigenvalue weighted by Gasteiger charge is 2.42. The van der Waals surface area contributed by atoms with Crippen LogP contribution in [0.2, 0.25) is 0 Å². The van der Waals surface area contributed by atoms with Crippen LogP contribution < -0.4 is 0 Å². The summed E-state index contributed by atoms with van der Waals surface area (Å²) in [6.45, 7) is 9.03. The molecular weight excluding hydrogens is 294 g/mol. The largest absolute Gasteiger partial charge is 0.481 e. The first-order valence-corrected chi connectivity index (χ1v) is 8.38. The summed E-state index contributed by atoms with van der Waals surface area (Å²) in [5, 5.41) is 14.0. The summed E-state index contributed by atoms with van der Waals surface area (Å²) in [5.41, 5.74) is 2.38. The Kier molecular flexibility index (Phi) is 5.12. The van der Waals surface area contributed by atoms with Gasteiger partial charge in [0, 0.05) is 18.8 Å². The molecule has 2 rings (SSSR count). The number of carbonyl (C=O) groups is 2. The smallest absolute Gasteiger partial charge is 0.311 e. The number of piperidine rings is 1. The molecule has 1 saturated heterocycles. The average Bonchev–Trinajstić information content (AvgIpc) is 2.80. The topological polar surface area (TPSA) is 75.4 Å². The number of aliphatic carboxylic acids is 1. The Morgan fingerprint density at radius 2 is 2.00 bits per heavy atom. The molecule has 0 radical (unpaired) electrons. The van der Waals surface area contributed by atoms with E-state index in [0.29, 0.717) is 25.9 Å². The van der Waals surface area contributed by atoms with Crippen LogP contribution in [-0.2, 0) is 22.6 Å². The second kappa shape index (κ2) is 6.72. The Morgan fingerprint density at radius 3 is 2.52 bits per heavy atom. The lowest BCUT2D eigenvalue weighted by atomic mass is 9.77. The number of carboxylic acid groups (broad SMARTS) is 1. The Bertz CT molecular complexity index is 608. The van der Waals surface area contributed by atoms with Gasteiger partial charge in [0.2, 0.25) is 5.91 Å². The van der Waals surface area contributed by atoms with E-state index in [9.17, 15) is 14.7 Å². The number of hydrogen-bond acceptors (Lipinski definition) is 3. The molecule has 1 aliphatic heterocycles. The summed E-state index contributed by atoms with van der Waals surface area (Å²) >= 11 is 0. The summed E-state index contributed by atoms with van der Waals surface area (Å²) in [4.78, 5) is 25.9. The van der Waals surface area contributed by atoms with Crippen LogP contribution in [0, 0.1) is 19.3 Å². The minimum absolute atomic E-state index is 0.0444. The molecule has 23 heavy (non-hydrogen) atoms. The number of nitrogens with zero attached hydrogens (tertiary/aromatic N) is 3. The molecule has 1 aromatic heterocycles. The third-order valence-corrected chi connectivity index (χ3v) is 5.23. The van der Waals surface area contributed by atoms with Gasteiger partial charge in [0.1, 0.15) is 6.54 Å². The van der Waals surface area contributed by atoms with Crippen LogP contribution in [0.4, 0.5) is 0 Å². The first-order chi connectivity index (χ1) is 10.8. The zero-order valence-corrected chi connectivity index (χ0v) is 14.6. The van der Waals surface area contributed by atoms with E-state index in [1.54, 1.807) is 9.58 Å². The SMILES string of the molecule is CCc1c(C)nn(CC(=O)N2CCC[C@@](CC)(C(=O)O)C2)c1C. The van der Waals surface area contributed by atoms with Crippen molar-refractivity contribution in [2.24, 2.45) is 5.41 Å². The second-order valence-electron chi connectivity index (χ2n) is 6.52. The number of aryl methyl sites for hydroxylation is 1. The first-order valence-electron chi connectivity index (χ1n) is 8.38. The lowest BCUT2D eigenvalue weighted by molar-refractivity contribution is -0.155. The number of carboxylic acids is 1. The lowest BCUT2D eigenvalue weighted by Crippen LogP contribution is -2.50. The third kappa shape index (κ3) is 3.26. The molecule has 1 aliphatic rings. The van der Waals surface area contributed by atoms with E-state index in [2.05, 4.69) is 12.0 Å². The molecule has 6 heteroatoms.